The quantitative estimate of drug-likeness (QED) is 0.372. The summed E-state index contributed by atoms with van der Waals surface area (Å²) in [4.78, 5) is 12.6. The maximum atomic E-state index is 12.9. The van der Waals surface area contributed by atoms with Crippen molar-refractivity contribution in [3.8, 4) is 0 Å². The molecule has 0 bridgehead atoms. The lowest BCUT2D eigenvalue weighted by Crippen LogP contribution is -2.53. The fourth-order valence-corrected chi connectivity index (χ4v) is 5.01. The Morgan fingerprint density at radius 2 is 1.70 bits per heavy atom. The number of hydrogen-bond acceptors (Lipinski definition) is 5. The van der Waals surface area contributed by atoms with Crippen molar-refractivity contribution in [3.05, 3.63) is 66.2 Å². The summed E-state index contributed by atoms with van der Waals surface area (Å²) in [5, 5.41) is 10.3. The van der Waals surface area contributed by atoms with Gasteiger partial charge in [0.15, 0.2) is 0 Å². The van der Waals surface area contributed by atoms with Gasteiger partial charge >= 0.3 is 16.2 Å². The van der Waals surface area contributed by atoms with Gasteiger partial charge in [-0.3, -0.25) is 10.0 Å². The number of carbonyl (C=O) groups is 1. The number of unbranched alkanes of at least 4 members (excludes halogenated alkanes) is 1. The van der Waals surface area contributed by atoms with E-state index in [9.17, 15) is 18.4 Å². The molecule has 1 saturated heterocycles. The number of rotatable bonds is 9. The molecule has 162 valence electrons. The number of hydrogen-bond donors (Lipinski definition) is 1. The summed E-state index contributed by atoms with van der Waals surface area (Å²) in [5.41, 5.74) is 1.36. The van der Waals surface area contributed by atoms with E-state index in [1.807, 2.05) is 18.2 Å². The zero-order valence-corrected chi connectivity index (χ0v) is 17.7. The summed E-state index contributed by atoms with van der Waals surface area (Å²) in [6, 6.07) is 17.1. The van der Waals surface area contributed by atoms with Crippen molar-refractivity contribution in [1.82, 2.24) is 4.31 Å². The Labute approximate surface area is 178 Å². The lowest BCUT2D eigenvalue weighted by atomic mass is 10.1. The zero-order chi connectivity index (χ0) is 21.4. The SMILES string of the molecule is O=C(OCCCCc1ccccc1)[C@@H]1CCCCN1S(=O)(=O)N(O)c1ccccc1. The molecule has 1 heterocycles. The van der Waals surface area contributed by atoms with Crippen molar-refractivity contribution in [1.29, 1.82) is 0 Å². The van der Waals surface area contributed by atoms with Crippen LogP contribution in [-0.4, -0.2) is 43.1 Å². The van der Waals surface area contributed by atoms with Crippen LogP contribution >= 0.6 is 0 Å². The van der Waals surface area contributed by atoms with E-state index in [1.165, 1.54) is 17.7 Å². The summed E-state index contributed by atoms with van der Waals surface area (Å²) in [7, 11) is -4.26. The van der Waals surface area contributed by atoms with Crippen LogP contribution in [0.15, 0.2) is 60.7 Å². The standard InChI is InChI=1S/C22H28N2O5S/c25-22(29-18-10-8-13-19-11-3-1-4-12-19)21-16-7-9-17-23(21)30(27,28)24(26)20-14-5-2-6-15-20/h1-6,11-12,14-15,21,26H,7-10,13,16-18H2/t21-/m0/s1. The maximum absolute atomic E-state index is 12.9. The monoisotopic (exact) mass is 432 g/mol. The highest BCUT2D eigenvalue weighted by Crippen LogP contribution is 2.26. The number of ether oxygens (including phenoxy) is 1. The van der Waals surface area contributed by atoms with Crippen LogP contribution in [0.2, 0.25) is 0 Å². The topological polar surface area (TPSA) is 87.2 Å². The molecule has 0 unspecified atom stereocenters. The number of benzene rings is 2. The van der Waals surface area contributed by atoms with Gasteiger partial charge in [-0.2, -0.15) is 12.7 Å². The normalized spacial score (nSPS) is 17.4. The first-order chi connectivity index (χ1) is 14.5. The number of esters is 1. The molecule has 1 atom stereocenters. The Hall–Kier alpha value is -2.42. The Kier molecular flexibility index (Phi) is 7.84. The van der Waals surface area contributed by atoms with Gasteiger partial charge in [0.25, 0.3) is 0 Å². The predicted octanol–water partition coefficient (Wildman–Crippen LogP) is 3.55. The summed E-state index contributed by atoms with van der Waals surface area (Å²) < 4.78 is 32.5. The highest BCUT2D eigenvalue weighted by Gasteiger charge is 2.40. The van der Waals surface area contributed by atoms with E-state index in [0.29, 0.717) is 19.3 Å². The third kappa shape index (κ3) is 5.59. The summed E-state index contributed by atoms with van der Waals surface area (Å²) >= 11 is 0. The zero-order valence-electron chi connectivity index (χ0n) is 16.9. The van der Waals surface area contributed by atoms with Crippen LogP contribution in [0, 0.1) is 0 Å². The molecule has 3 rings (SSSR count). The van der Waals surface area contributed by atoms with E-state index < -0.39 is 22.2 Å². The molecule has 2 aromatic carbocycles. The third-order valence-corrected chi connectivity index (χ3v) is 6.84. The van der Waals surface area contributed by atoms with Gasteiger partial charge in [0.1, 0.15) is 6.04 Å². The van der Waals surface area contributed by atoms with E-state index in [2.05, 4.69) is 12.1 Å². The number of para-hydroxylation sites is 1. The minimum atomic E-state index is -4.26. The van der Waals surface area contributed by atoms with E-state index in [0.717, 1.165) is 23.6 Å². The summed E-state index contributed by atoms with van der Waals surface area (Å²) in [6.45, 7) is 0.414. The van der Waals surface area contributed by atoms with Crippen LogP contribution in [-0.2, 0) is 26.2 Å². The minimum Gasteiger partial charge on any atom is -0.464 e. The van der Waals surface area contributed by atoms with Crippen LogP contribution in [0.25, 0.3) is 0 Å². The average Bonchev–Trinajstić information content (AvgIpc) is 2.79. The molecular formula is C22H28N2O5S. The van der Waals surface area contributed by atoms with E-state index in [4.69, 9.17) is 4.74 Å². The first-order valence-corrected chi connectivity index (χ1v) is 11.7. The highest BCUT2D eigenvalue weighted by molar-refractivity contribution is 7.90. The van der Waals surface area contributed by atoms with Gasteiger partial charge in [-0.05, 0) is 56.2 Å². The fourth-order valence-electron chi connectivity index (χ4n) is 3.55. The Balaban J connectivity index is 1.55. The number of anilines is 1. The van der Waals surface area contributed by atoms with Gasteiger partial charge in [0, 0.05) is 6.54 Å². The molecule has 8 heteroatoms. The van der Waals surface area contributed by atoms with Gasteiger partial charge in [0.2, 0.25) is 0 Å². The van der Waals surface area contributed by atoms with E-state index in [-0.39, 0.29) is 23.3 Å². The summed E-state index contributed by atoms with van der Waals surface area (Å²) in [5.74, 6) is -0.556. The van der Waals surface area contributed by atoms with Crippen LogP contribution in [0.1, 0.15) is 37.7 Å². The lowest BCUT2D eigenvalue weighted by Gasteiger charge is -2.35. The second-order valence-corrected chi connectivity index (χ2v) is 9.03. The lowest BCUT2D eigenvalue weighted by molar-refractivity contribution is -0.149. The van der Waals surface area contributed by atoms with Gasteiger partial charge in [-0.15, -0.1) is 4.47 Å². The second-order valence-electron chi connectivity index (χ2n) is 7.32. The Morgan fingerprint density at radius 1 is 1.03 bits per heavy atom. The first kappa shape index (κ1) is 22.3. The third-order valence-electron chi connectivity index (χ3n) is 5.16. The molecule has 0 radical (unpaired) electrons. The van der Waals surface area contributed by atoms with E-state index >= 15 is 0 Å². The van der Waals surface area contributed by atoms with Crippen molar-refractivity contribution < 1.29 is 23.2 Å². The molecule has 0 spiro atoms. The van der Waals surface area contributed by atoms with Crippen LogP contribution in [0.3, 0.4) is 0 Å². The predicted molar refractivity (Wildman–Crippen MR) is 114 cm³/mol. The average molecular weight is 433 g/mol. The molecule has 0 saturated carbocycles. The summed E-state index contributed by atoms with van der Waals surface area (Å²) in [6.07, 6.45) is 4.22. The Bertz CT molecular complexity index is 906. The number of nitrogens with zero attached hydrogens (tertiary/aromatic N) is 2. The molecule has 0 aromatic heterocycles. The van der Waals surface area contributed by atoms with Crippen molar-refractivity contribution in [3.63, 3.8) is 0 Å². The van der Waals surface area contributed by atoms with Gasteiger partial charge in [0.05, 0.1) is 12.3 Å². The maximum Gasteiger partial charge on any atom is 0.327 e. The van der Waals surface area contributed by atoms with Crippen molar-refractivity contribution in [2.45, 2.75) is 44.6 Å². The Morgan fingerprint density at radius 3 is 2.40 bits per heavy atom. The van der Waals surface area contributed by atoms with Crippen molar-refractivity contribution in [2.75, 3.05) is 17.6 Å². The molecule has 30 heavy (non-hydrogen) atoms. The second kappa shape index (κ2) is 10.6. The van der Waals surface area contributed by atoms with Gasteiger partial charge < -0.3 is 4.74 Å². The van der Waals surface area contributed by atoms with Crippen LogP contribution in [0.5, 0.6) is 0 Å². The molecule has 2 aromatic rings. The molecule has 7 nitrogen and oxygen atoms in total. The first-order valence-electron chi connectivity index (χ1n) is 10.3. The minimum absolute atomic E-state index is 0.121. The fraction of sp³-hybridized carbons (Fsp3) is 0.409. The highest BCUT2D eigenvalue weighted by atomic mass is 32.2. The van der Waals surface area contributed by atoms with Crippen LogP contribution < -0.4 is 4.47 Å². The molecule has 0 aliphatic carbocycles. The smallest absolute Gasteiger partial charge is 0.327 e. The molecule has 0 amide bonds. The molecule has 1 aliphatic heterocycles. The molecular weight excluding hydrogens is 404 g/mol. The largest absolute Gasteiger partial charge is 0.464 e. The molecule has 1 N–H and O–H groups in total. The van der Waals surface area contributed by atoms with E-state index in [1.54, 1.807) is 18.2 Å². The molecule has 1 fully saturated rings. The number of carbonyl (C=O) groups excluding carboxylic acids is 1. The van der Waals surface area contributed by atoms with Gasteiger partial charge in [-0.25, -0.2) is 0 Å². The van der Waals surface area contributed by atoms with Gasteiger partial charge in [-0.1, -0.05) is 48.5 Å². The number of piperidine rings is 1. The van der Waals surface area contributed by atoms with Crippen LogP contribution in [0.4, 0.5) is 5.69 Å². The van der Waals surface area contributed by atoms with Crippen molar-refractivity contribution in [2.24, 2.45) is 0 Å². The molecule has 1 aliphatic rings. The number of aryl methyl sites for hydroxylation is 1. The van der Waals surface area contributed by atoms with Crippen molar-refractivity contribution >= 4 is 21.9 Å².